The van der Waals surface area contributed by atoms with Crippen molar-refractivity contribution in [2.45, 2.75) is 19.6 Å². The summed E-state index contributed by atoms with van der Waals surface area (Å²) in [5.74, 6) is 0. The maximum absolute atomic E-state index is 7.06. The molecule has 0 heterocycles. The van der Waals surface area contributed by atoms with Crippen molar-refractivity contribution in [1.82, 2.24) is 0 Å². The van der Waals surface area contributed by atoms with E-state index in [0.717, 1.165) is 0 Å². The Kier molecular flexibility index (Phi) is 0.343. The van der Waals surface area contributed by atoms with E-state index in [9.17, 15) is 0 Å². The van der Waals surface area contributed by atoms with Gasteiger partial charge in [-0.2, -0.15) is 0 Å². The first-order valence-corrected chi connectivity index (χ1v) is 10.1. The maximum atomic E-state index is 7.06. The summed E-state index contributed by atoms with van der Waals surface area (Å²) in [7, 11) is 0. The zero-order valence-electron chi connectivity index (χ0n) is 9.50. The first-order valence-electron chi connectivity index (χ1n) is 4.50. The summed E-state index contributed by atoms with van der Waals surface area (Å²) in [5, 5.41) is 0. The number of rotatable bonds is 0. The van der Waals surface area contributed by atoms with Crippen LogP contribution in [0.3, 0.4) is 0 Å². The standard InChI is InChI=1S/4CH3.Sn/h4*1H3;/i2*1D3;;;. The first-order chi connectivity index (χ1) is 4.50. The molecule has 0 radical (unpaired) electrons. The fourth-order valence-electron chi connectivity index (χ4n) is 0. The summed E-state index contributed by atoms with van der Waals surface area (Å²) >= 11 is -3.86. The summed E-state index contributed by atoms with van der Waals surface area (Å²) in [4.78, 5) is -1.57. The molecule has 0 saturated heterocycles. The molecule has 5 heavy (non-hydrogen) atoms. The SMILES string of the molecule is [2H][C]([2H])([2H])[Sn]([CH3])([CH3])[C]([2H])([2H])[2H]. The Morgan fingerprint density at radius 1 is 1.40 bits per heavy atom. The molecule has 0 N–H and O–H groups in total. The molecule has 0 aliphatic rings. The summed E-state index contributed by atoms with van der Waals surface area (Å²) in [6.45, 7) is 0. The Labute approximate surface area is 46.9 Å². The molecule has 0 spiro atoms. The minimum absolute atomic E-state index is 1.44. The fourth-order valence-corrected chi connectivity index (χ4v) is 0. The molecular formula is C4H12Sn. The minimum atomic E-state index is -3.86. The van der Waals surface area contributed by atoms with Crippen LogP contribution in [0.4, 0.5) is 0 Å². The summed E-state index contributed by atoms with van der Waals surface area (Å²) in [5.41, 5.74) is 0. The van der Waals surface area contributed by atoms with Gasteiger partial charge in [0.25, 0.3) is 0 Å². The molecule has 0 saturated carbocycles. The normalized spacial score (nSPS) is 34.8. The van der Waals surface area contributed by atoms with Gasteiger partial charge < -0.3 is 0 Å². The van der Waals surface area contributed by atoms with Crippen molar-refractivity contribution in [3.05, 3.63) is 0 Å². The molecule has 0 rings (SSSR count). The van der Waals surface area contributed by atoms with Gasteiger partial charge in [-0.1, -0.05) is 0 Å². The Morgan fingerprint density at radius 2 is 1.80 bits per heavy atom. The molecule has 32 valence electrons. The van der Waals surface area contributed by atoms with Crippen LogP contribution in [0.2, 0.25) is 19.6 Å². The van der Waals surface area contributed by atoms with Crippen LogP contribution in [-0.2, 0) is 0 Å². The first kappa shape index (κ1) is 1.15. The molecule has 0 bridgehead atoms. The van der Waals surface area contributed by atoms with E-state index in [1.54, 1.807) is 0 Å². The molecular weight excluding hydrogens is 167 g/mol. The van der Waals surface area contributed by atoms with Crippen molar-refractivity contribution in [1.29, 1.82) is 0 Å². The van der Waals surface area contributed by atoms with Gasteiger partial charge in [0.2, 0.25) is 0 Å². The molecule has 0 aliphatic carbocycles. The van der Waals surface area contributed by atoms with E-state index in [0.29, 0.717) is 0 Å². The second-order valence-electron chi connectivity index (χ2n) is 1.62. The van der Waals surface area contributed by atoms with Gasteiger partial charge in [-0.3, -0.25) is 0 Å². The van der Waals surface area contributed by atoms with Crippen LogP contribution < -0.4 is 0 Å². The molecule has 0 aromatic heterocycles. The predicted octanol–water partition coefficient (Wildman–Crippen LogP) is 1.95. The van der Waals surface area contributed by atoms with Gasteiger partial charge in [-0.15, -0.1) is 0 Å². The Balaban J connectivity index is 4.75. The monoisotopic (exact) mass is 186 g/mol. The van der Waals surface area contributed by atoms with E-state index in [4.69, 9.17) is 8.22 Å². The van der Waals surface area contributed by atoms with Gasteiger partial charge in [0.1, 0.15) is 0 Å². The van der Waals surface area contributed by atoms with E-state index in [-0.39, 0.29) is 0 Å². The Morgan fingerprint density at radius 3 is 1.80 bits per heavy atom. The second-order valence-corrected chi connectivity index (χ2v) is 10.9. The van der Waals surface area contributed by atoms with Crippen molar-refractivity contribution < 1.29 is 8.22 Å². The van der Waals surface area contributed by atoms with E-state index in [2.05, 4.69) is 0 Å². The summed E-state index contributed by atoms with van der Waals surface area (Å²) in [6, 6.07) is 0. The van der Waals surface area contributed by atoms with E-state index >= 15 is 0 Å². The summed E-state index contributed by atoms with van der Waals surface area (Å²) < 4.78 is 42.3. The third-order valence-corrected chi connectivity index (χ3v) is 0. The molecule has 0 nitrogen and oxygen atoms in total. The fraction of sp³-hybridized carbons (Fsp3) is 1.00. The van der Waals surface area contributed by atoms with E-state index in [1.165, 1.54) is 9.88 Å². The molecule has 0 unspecified atom stereocenters. The van der Waals surface area contributed by atoms with Crippen molar-refractivity contribution in [3.63, 3.8) is 0 Å². The molecule has 1 heteroatoms. The van der Waals surface area contributed by atoms with Crippen LogP contribution in [-0.4, -0.2) is 18.4 Å². The van der Waals surface area contributed by atoms with Gasteiger partial charge in [-0.25, -0.2) is 0 Å². The van der Waals surface area contributed by atoms with Gasteiger partial charge in [-0.05, 0) is 0 Å². The average molecular weight is 185 g/mol. The van der Waals surface area contributed by atoms with Crippen LogP contribution in [0.25, 0.3) is 0 Å². The Bertz CT molecular complexity index is 126. The van der Waals surface area contributed by atoms with Crippen molar-refractivity contribution in [2.75, 3.05) is 0 Å². The van der Waals surface area contributed by atoms with Gasteiger partial charge in [0, 0.05) is 0 Å². The third kappa shape index (κ3) is 58.9. The van der Waals surface area contributed by atoms with Crippen LogP contribution in [0.15, 0.2) is 0 Å². The second kappa shape index (κ2) is 1.50. The van der Waals surface area contributed by atoms with E-state index in [1.807, 2.05) is 0 Å². The molecule has 0 aromatic carbocycles. The average Bonchev–Trinajstić information content (AvgIpc) is 1.58. The van der Waals surface area contributed by atoms with Crippen LogP contribution >= 0.6 is 0 Å². The zero-order valence-corrected chi connectivity index (χ0v) is 6.35. The molecule has 0 aromatic rings. The zero-order chi connectivity index (χ0) is 9.50. The third-order valence-electron chi connectivity index (χ3n) is 0. The predicted molar refractivity (Wildman–Crippen MR) is 29.2 cm³/mol. The van der Waals surface area contributed by atoms with E-state index < -0.39 is 28.1 Å². The Hall–Kier alpha value is 0.799. The molecule has 0 fully saturated rings. The topological polar surface area (TPSA) is 0 Å². The molecule has 0 aliphatic heterocycles. The van der Waals surface area contributed by atoms with Gasteiger partial charge >= 0.3 is 46.2 Å². The van der Waals surface area contributed by atoms with Crippen LogP contribution in [0.1, 0.15) is 8.22 Å². The quantitative estimate of drug-likeness (QED) is 0.506. The molecule has 0 amide bonds. The van der Waals surface area contributed by atoms with Crippen molar-refractivity contribution in [3.8, 4) is 0 Å². The number of hydrogen-bond acceptors (Lipinski definition) is 0. The molecule has 0 atom stereocenters. The van der Waals surface area contributed by atoms with Crippen LogP contribution in [0.5, 0.6) is 0 Å². The van der Waals surface area contributed by atoms with Crippen molar-refractivity contribution in [2.24, 2.45) is 0 Å². The van der Waals surface area contributed by atoms with Crippen molar-refractivity contribution >= 4 is 18.4 Å². The summed E-state index contributed by atoms with van der Waals surface area (Å²) in [6.07, 6.45) is 0. The van der Waals surface area contributed by atoms with Crippen LogP contribution in [0, 0.1) is 0 Å². The number of hydrogen-bond donors (Lipinski definition) is 0. The van der Waals surface area contributed by atoms with Gasteiger partial charge in [0.05, 0.1) is 0 Å². The van der Waals surface area contributed by atoms with Gasteiger partial charge in [0.15, 0.2) is 0 Å².